The lowest BCUT2D eigenvalue weighted by Gasteiger charge is -2.30. The molecule has 56 heavy (non-hydrogen) atoms. The van der Waals surface area contributed by atoms with Crippen LogP contribution in [0.2, 0.25) is 0 Å². The third kappa shape index (κ3) is 7.92. The van der Waals surface area contributed by atoms with Crippen molar-refractivity contribution in [3.63, 3.8) is 0 Å². The Morgan fingerprint density at radius 1 is 0.321 bits per heavy atom. The minimum Gasteiger partial charge on any atom is -0.309 e. The van der Waals surface area contributed by atoms with Crippen LogP contribution < -0.4 is 9.80 Å². The van der Waals surface area contributed by atoms with Crippen molar-refractivity contribution < 1.29 is 0 Å². The Labute approximate surface area is 330 Å². The van der Waals surface area contributed by atoms with Gasteiger partial charge in [0.25, 0.3) is 0 Å². The average molecular weight is 723 g/mol. The number of rotatable bonds is 10. The molecule has 0 N–H and O–H groups in total. The summed E-state index contributed by atoms with van der Waals surface area (Å²) in [5.74, 6) is 0. The topological polar surface area (TPSA) is 54.1 Å². The molecule has 0 aliphatic carbocycles. The molecule has 7 aromatic rings. The number of hydrogen-bond donors (Lipinski definition) is 0. The highest BCUT2D eigenvalue weighted by Crippen LogP contribution is 2.42. The Morgan fingerprint density at radius 2 is 0.571 bits per heavy atom. The molecule has 0 atom stereocenters. The van der Waals surface area contributed by atoms with Crippen LogP contribution in [0.5, 0.6) is 0 Å². The SMILES string of the molecule is Cc1ccc(N(C(=C(C#N)c2ccc(C(C#N)=C(c3ccccc3)N(c3ccc(C)cc3)c3ccc(C)cc3)cc2)c2ccccc2)c2ccc(C)cc2)cc1. The summed E-state index contributed by atoms with van der Waals surface area (Å²) < 4.78 is 0. The molecule has 0 aromatic heterocycles. The van der Waals surface area contributed by atoms with Gasteiger partial charge < -0.3 is 9.80 Å². The number of anilines is 4. The highest BCUT2D eigenvalue weighted by molar-refractivity contribution is 6.07. The molecule has 0 fully saturated rings. The smallest absolute Gasteiger partial charge is 0.102 e. The fourth-order valence-electron chi connectivity index (χ4n) is 6.86. The quantitative estimate of drug-likeness (QED) is 0.104. The van der Waals surface area contributed by atoms with Crippen molar-refractivity contribution in [2.75, 3.05) is 9.80 Å². The van der Waals surface area contributed by atoms with Gasteiger partial charge in [0.1, 0.15) is 12.1 Å². The summed E-state index contributed by atoms with van der Waals surface area (Å²) in [6.45, 7) is 8.29. The highest BCUT2D eigenvalue weighted by Gasteiger charge is 2.25. The fraction of sp³-hybridized carbons (Fsp3) is 0.0769. The lowest BCUT2D eigenvalue weighted by atomic mass is 9.94. The minimum atomic E-state index is 0.510. The van der Waals surface area contributed by atoms with Crippen molar-refractivity contribution >= 4 is 45.3 Å². The van der Waals surface area contributed by atoms with Crippen LogP contribution in [0.25, 0.3) is 22.5 Å². The van der Waals surface area contributed by atoms with Crippen LogP contribution in [0.4, 0.5) is 22.7 Å². The molecule has 0 aliphatic rings. The van der Waals surface area contributed by atoms with Crippen molar-refractivity contribution in [3.8, 4) is 12.1 Å². The Kier molecular flexibility index (Phi) is 11.0. The van der Waals surface area contributed by atoms with E-state index in [1.165, 1.54) is 0 Å². The van der Waals surface area contributed by atoms with Crippen LogP contribution in [0.15, 0.2) is 182 Å². The molecule has 7 rings (SSSR count). The van der Waals surface area contributed by atoms with E-state index < -0.39 is 0 Å². The van der Waals surface area contributed by atoms with E-state index >= 15 is 0 Å². The van der Waals surface area contributed by atoms with Crippen LogP contribution in [0, 0.1) is 50.4 Å². The Balaban J connectivity index is 1.45. The third-order valence-corrected chi connectivity index (χ3v) is 9.87. The van der Waals surface area contributed by atoms with Gasteiger partial charge in [-0.15, -0.1) is 0 Å². The molecule has 0 unspecified atom stereocenters. The molecule has 0 spiro atoms. The summed E-state index contributed by atoms with van der Waals surface area (Å²) in [4.78, 5) is 4.33. The predicted molar refractivity (Wildman–Crippen MR) is 233 cm³/mol. The highest BCUT2D eigenvalue weighted by atomic mass is 15.2. The van der Waals surface area contributed by atoms with Gasteiger partial charge in [0.05, 0.1) is 22.5 Å². The normalized spacial score (nSPS) is 11.8. The molecular weight excluding hydrogens is 681 g/mol. The minimum absolute atomic E-state index is 0.510. The first-order chi connectivity index (χ1) is 27.3. The second kappa shape index (κ2) is 16.7. The number of nitrogens with zero attached hydrogens (tertiary/aromatic N) is 4. The van der Waals surface area contributed by atoms with E-state index in [0.29, 0.717) is 11.1 Å². The zero-order valence-electron chi connectivity index (χ0n) is 32.1. The Morgan fingerprint density at radius 3 is 0.804 bits per heavy atom. The van der Waals surface area contributed by atoms with Gasteiger partial charge in [-0.1, -0.05) is 156 Å². The van der Waals surface area contributed by atoms with Gasteiger partial charge >= 0.3 is 0 Å². The summed E-state index contributed by atoms with van der Waals surface area (Å²) in [6.07, 6.45) is 0. The van der Waals surface area contributed by atoms with Gasteiger partial charge in [-0.25, -0.2) is 0 Å². The van der Waals surface area contributed by atoms with Crippen LogP contribution in [0.3, 0.4) is 0 Å². The standard InChI is InChI=1S/C52H42N4/c1-37-15-27-45(28-16-37)55(46-29-17-38(2)18-30-46)51(43-11-7-5-8-12-43)49(35-53)41-23-25-42(26-24-41)50(36-54)52(44-13-9-6-10-14-44)56(47-31-19-39(3)20-32-47)48-33-21-40(4)22-34-48/h5-34H,1-4H3. The number of benzene rings is 7. The Bertz CT molecular complexity index is 2290. The van der Waals surface area contributed by atoms with Gasteiger partial charge in [-0.05, 0) is 98.5 Å². The average Bonchev–Trinajstić information content (AvgIpc) is 3.24. The van der Waals surface area contributed by atoms with Gasteiger partial charge in [-0.3, -0.25) is 0 Å². The van der Waals surface area contributed by atoms with Crippen molar-refractivity contribution in [1.82, 2.24) is 0 Å². The summed E-state index contributed by atoms with van der Waals surface area (Å²) in [5, 5.41) is 22.1. The molecule has 7 aromatic carbocycles. The van der Waals surface area contributed by atoms with Crippen molar-refractivity contribution in [3.05, 3.63) is 226 Å². The first kappa shape index (κ1) is 36.9. The third-order valence-electron chi connectivity index (χ3n) is 9.87. The second-order valence-corrected chi connectivity index (χ2v) is 14.0. The van der Waals surface area contributed by atoms with E-state index in [1.807, 2.05) is 84.9 Å². The predicted octanol–water partition coefficient (Wildman–Crippen LogP) is 13.4. The molecule has 0 saturated heterocycles. The molecule has 0 saturated carbocycles. The molecule has 0 bridgehead atoms. The van der Waals surface area contributed by atoms with E-state index in [4.69, 9.17) is 0 Å². The summed E-state index contributed by atoms with van der Waals surface area (Å²) in [7, 11) is 0. The summed E-state index contributed by atoms with van der Waals surface area (Å²) in [6, 6.07) is 66.7. The lowest BCUT2D eigenvalue weighted by Crippen LogP contribution is -2.17. The van der Waals surface area contributed by atoms with E-state index in [9.17, 15) is 10.5 Å². The molecule has 4 nitrogen and oxygen atoms in total. The van der Waals surface area contributed by atoms with Crippen LogP contribution >= 0.6 is 0 Å². The van der Waals surface area contributed by atoms with E-state index in [-0.39, 0.29) is 0 Å². The largest absolute Gasteiger partial charge is 0.309 e. The zero-order chi connectivity index (χ0) is 39.0. The van der Waals surface area contributed by atoms with Crippen molar-refractivity contribution in [2.24, 2.45) is 0 Å². The molecule has 270 valence electrons. The number of nitriles is 2. The molecule has 4 heteroatoms. The first-order valence-electron chi connectivity index (χ1n) is 18.7. The maximum absolute atomic E-state index is 11.1. The molecule has 0 amide bonds. The molecule has 0 heterocycles. The van der Waals surface area contributed by atoms with E-state index in [1.54, 1.807) is 0 Å². The van der Waals surface area contributed by atoms with Crippen LogP contribution in [-0.2, 0) is 0 Å². The maximum Gasteiger partial charge on any atom is 0.102 e. The lowest BCUT2D eigenvalue weighted by molar-refractivity contribution is 1.27. The summed E-state index contributed by atoms with van der Waals surface area (Å²) >= 11 is 0. The first-order valence-corrected chi connectivity index (χ1v) is 18.7. The van der Waals surface area contributed by atoms with Gasteiger partial charge in [0.15, 0.2) is 0 Å². The van der Waals surface area contributed by atoms with E-state index in [2.05, 4.69) is 147 Å². The zero-order valence-corrected chi connectivity index (χ0v) is 32.1. The second-order valence-electron chi connectivity index (χ2n) is 14.0. The van der Waals surface area contributed by atoms with Crippen molar-refractivity contribution in [1.29, 1.82) is 10.5 Å². The monoisotopic (exact) mass is 722 g/mol. The van der Waals surface area contributed by atoms with Gasteiger partial charge in [0, 0.05) is 22.7 Å². The van der Waals surface area contributed by atoms with Crippen molar-refractivity contribution in [2.45, 2.75) is 27.7 Å². The molecule has 0 radical (unpaired) electrons. The van der Waals surface area contributed by atoms with Gasteiger partial charge in [-0.2, -0.15) is 10.5 Å². The van der Waals surface area contributed by atoms with E-state index in [0.717, 1.165) is 78.7 Å². The van der Waals surface area contributed by atoms with Gasteiger partial charge in [0.2, 0.25) is 0 Å². The number of hydrogen-bond acceptors (Lipinski definition) is 4. The van der Waals surface area contributed by atoms with Crippen LogP contribution in [0.1, 0.15) is 44.5 Å². The number of aryl methyl sites for hydroxylation is 4. The maximum atomic E-state index is 11.1. The molecular formula is C52H42N4. The summed E-state index contributed by atoms with van der Waals surface area (Å²) in [5.41, 5.74) is 14.2. The van der Waals surface area contributed by atoms with Crippen LogP contribution in [-0.4, -0.2) is 0 Å². The fourth-order valence-corrected chi connectivity index (χ4v) is 6.86. The molecule has 0 aliphatic heterocycles. The number of allylic oxidation sites excluding steroid dienone is 2. The Hall–Kier alpha value is -7.40.